The number of ketones is 1. The second-order valence-electron chi connectivity index (χ2n) is 7.65. The summed E-state index contributed by atoms with van der Waals surface area (Å²) < 4.78 is 5.72. The van der Waals surface area contributed by atoms with E-state index < -0.39 is 0 Å². The van der Waals surface area contributed by atoms with Gasteiger partial charge in [-0.2, -0.15) is 0 Å². The SMILES string of the molecule is CC(C)CNc1cc(NC2CC2)c2c3c(onc13)-c1ccccc1C2=O. The molecule has 1 fully saturated rings. The van der Waals surface area contributed by atoms with Gasteiger partial charge in [0.1, 0.15) is 5.52 Å². The molecule has 0 unspecified atom stereocenters. The molecule has 5 nitrogen and oxygen atoms in total. The molecular formula is C21H21N3O2. The first kappa shape index (κ1) is 15.4. The van der Waals surface area contributed by atoms with Crippen molar-refractivity contribution in [2.45, 2.75) is 32.7 Å². The highest BCUT2D eigenvalue weighted by molar-refractivity contribution is 6.28. The van der Waals surface area contributed by atoms with Crippen LogP contribution in [0.25, 0.3) is 22.2 Å². The number of hydrogen-bond acceptors (Lipinski definition) is 5. The minimum absolute atomic E-state index is 0.0415. The highest BCUT2D eigenvalue weighted by Crippen LogP contribution is 2.45. The minimum atomic E-state index is 0.0415. The molecular weight excluding hydrogens is 326 g/mol. The van der Waals surface area contributed by atoms with Gasteiger partial charge in [-0.1, -0.05) is 43.3 Å². The topological polar surface area (TPSA) is 67.2 Å². The van der Waals surface area contributed by atoms with Gasteiger partial charge in [-0.05, 0) is 24.8 Å². The van der Waals surface area contributed by atoms with E-state index in [2.05, 4.69) is 29.6 Å². The molecule has 1 heterocycles. The molecule has 2 aliphatic carbocycles. The summed E-state index contributed by atoms with van der Waals surface area (Å²) in [6.07, 6.45) is 2.29. The molecule has 0 spiro atoms. The van der Waals surface area contributed by atoms with Crippen molar-refractivity contribution < 1.29 is 9.32 Å². The maximum atomic E-state index is 13.3. The van der Waals surface area contributed by atoms with E-state index >= 15 is 0 Å². The first-order chi connectivity index (χ1) is 12.6. The van der Waals surface area contributed by atoms with Gasteiger partial charge in [-0.3, -0.25) is 4.79 Å². The summed E-state index contributed by atoms with van der Waals surface area (Å²) in [6, 6.07) is 10.1. The number of carbonyl (C=O) groups is 1. The molecule has 26 heavy (non-hydrogen) atoms. The third kappa shape index (κ3) is 2.30. The zero-order valence-electron chi connectivity index (χ0n) is 14.9. The Hall–Kier alpha value is -2.82. The van der Waals surface area contributed by atoms with Crippen molar-refractivity contribution in [2.24, 2.45) is 5.92 Å². The number of benzene rings is 2. The summed E-state index contributed by atoms with van der Waals surface area (Å²) in [6.45, 7) is 5.17. The standard InChI is InChI=1S/C21H21N3O2/c1-11(2)10-22-16-9-15(23-12-7-8-12)17-18-19(16)24-26-21(18)14-6-4-3-5-13(14)20(17)25/h3-6,9,11-12,22-23H,7-8,10H2,1-2H3. The second kappa shape index (κ2) is 5.59. The Kier molecular flexibility index (Phi) is 3.32. The predicted octanol–water partition coefficient (Wildman–Crippen LogP) is 4.68. The Balaban J connectivity index is 1.76. The van der Waals surface area contributed by atoms with Crippen molar-refractivity contribution in [2.75, 3.05) is 17.2 Å². The van der Waals surface area contributed by atoms with Crippen LogP contribution in [0.3, 0.4) is 0 Å². The van der Waals surface area contributed by atoms with E-state index in [-0.39, 0.29) is 5.78 Å². The third-order valence-electron chi connectivity index (χ3n) is 5.04. The number of anilines is 2. The van der Waals surface area contributed by atoms with Gasteiger partial charge in [0.25, 0.3) is 0 Å². The molecule has 2 aliphatic rings. The zero-order valence-corrected chi connectivity index (χ0v) is 14.9. The molecule has 2 aromatic carbocycles. The summed E-state index contributed by atoms with van der Waals surface area (Å²) in [5.74, 6) is 1.24. The fraction of sp³-hybridized carbons (Fsp3) is 0.333. The Morgan fingerprint density at radius 3 is 2.69 bits per heavy atom. The molecule has 3 aromatic rings. The first-order valence-corrected chi connectivity index (χ1v) is 9.24. The lowest BCUT2D eigenvalue weighted by atomic mass is 9.86. The molecule has 0 aliphatic heterocycles. The number of fused-ring (bicyclic) bond motifs is 2. The summed E-state index contributed by atoms with van der Waals surface area (Å²) >= 11 is 0. The number of aromatic nitrogens is 1. The molecule has 0 atom stereocenters. The van der Waals surface area contributed by atoms with Gasteiger partial charge < -0.3 is 15.2 Å². The summed E-state index contributed by atoms with van der Waals surface area (Å²) in [5.41, 5.74) is 4.74. The molecule has 1 aromatic heterocycles. The van der Waals surface area contributed by atoms with Crippen molar-refractivity contribution in [1.29, 1.82) is 0 Å². The molecule has 0 radical (unpaired) electrons. The first-order valence-electron chi connectivity index (χ1n) is 9.24. The lowest BCUT2D eigenvalue weighted by Gasteiger charge is -2.20. The van der Waals surface area contributed by atoms with E-state index in [0.717, 1.165) is 47.2 Å². The average Bonchev–Trinajstić information content (AvgIpc) is 3.34. The molecule has 132 valence electrons. The van der Waals surface area contributed by atoms with Crippen LogP contribution in [0.4, 0.5) is 11.4 Å². The van der Waals surface area contributed by atoms with Crippen LogP contribution in [-0.4, -0.2) is 23.5 Å². The fourth-order valence-electron chi connectivity index (χ4n) is 3.57. The van der Waals surface area contributed by atoms with Crippen molar-refractivity contribution in [1.82, 2.24) is 5.16 Å². The van der Waals surface area contributed by atoms with Gasteiger partial charge in [-0.15, -0.1) is 0 Å². The smallest absolute Gasteiger partial charge is 0.196 e. The lowest BCUT2D eigenvalue weighted by Crippen LogP contribution is -2.15. The van der Waals surface area contributed by atoms with Crippen LogP contribution >= 0.6 is 0 Å². The third-order valence-corrected chi connectivity index (χ3v) is 5.04. The van der Waals surface area contributed by atoms with Crippen LogP contribution < -0.4 is 10.6 Å². The average molecular weight is 347 g/mol. The summed E-state index contributed by atoms with van der Waals surface area (Å²) in [7, 11) is 0. The van der Waals surface area contributed by atoms with Crippen LogP contribution in [-0.2, 0) is 0 Å². The normalized spacial score (nSPS) is 15.4. The lowest BCUT2D eigenvalue weighted by molar-refractivity contribution is 0.104. The molecule has 5 heteroatoms. The maximum Gasteiger partial charge on any atom is 0.196 e. The number of nitrogens with zero attached hydrogens (tertiary/aromatic N) is 1. The largest absolute Gasteiger partial charge is 0.383 e. The second-order valence-corrected chi connectivity index (χ2v) is 7.65. The van der Waals surface area contributed by atoms with E-state index in [9.17, 15) is 4.79 Å². The van der Waals surface area contributed by atoms with Gasteiger partial charge in [-0.25, -0.2) is 0 Å². The Morgan fingerprint density at radius 2 is 1.96 bits per heavy atom. The van der Waals surface area contributed by atoms with Crippen molar-refractivity contribution in [3.05, 3.63) is 41.5 Å². The number of rotatable bonds is 5. The summed E-state index contributed by atoms with van der Waals surface area (Å²) in [4.78, 5) is 13.3. The van der Waals surface area contributed by atoms with E-state index in [1.807, 2.05) is 30.3 Å². The van der Waals surface area contributed by atoms with E-state index in [1.54, 1.807) is 0 Å². The molecule has 0 saturated heterocycles. The number of carbonyl (C=O) groups excluding carboxylic acids is 1. The fourth-order valence-corrected chi connectivity index (χ4v) is 3.57. The van der Waals surface area contributed by atoms with E-state index in [0.29, 0.717) is 28.8 Å². The van der Waals surface area contributed by atoms with Gasteiger partial charge >= 0.3 is 0 Å². The highest BCUT2D eigenvalue weighted by atomic mass is 16.5. The number of nitrogens with one attached hydrogen (secondary N) is 2. The highest BCUT2D eigenvalue weighted by Gasteiger charge is 2.34. The van der Waals surface area contributed by atoms with Crippen molar-refractivity contribution in [3.8, 4) is 11.3 Å². The van der Waals surface area contributed by atoms with Gasteiger partial charge in [0.15, 0.2) is 11.5 Å². The molecule has 0 bridgehead atoms. The Bertz CT molecular complexity index is 1030. The molecule has 2 N–H and O–H groups in total. The maximum absolute atomic E-state index is 13.3. The van der Waals surface area contributed by atoms with E-state index in [4.69, 9.17) is 4.52 Å². The Morgan fingerprint density at radius 1 is 1.19 bits per heavy atom. The monoisotopic (exact) mass is 347 g/mol. The predicted molar refractivity (Wildman–Crippen MR) is 103 cm³/mol. The van der Waals surface area contributed by atoms with Crippen molar-refractivity contribution in [3.63, 3.8) is 0 Å². The minimum Gasteiger partial charge on any atom is -0.383 e. The van der Waals surface area contributed by atoms with Crippen LogP contribution in [0.2, 0.25) is 0 Å². The van der Waals surface area contributed by atoms with Crippen molar-refractivity contribution >= 4 is 28.1 Å². The van der Waals surface area contributed by atoms with Crippen LogP contribution in [0.15, 0.2) is 34.9 Å². The van der Waals surface area contributed by atoms with Crippen LogP contribution in [0.5, 0.6) is 0 Å². The zero-order chi connectivity index (χ0) is 17.8. The van der Waals surface area contributed by atoms with Gasteiger partial charge in [0.05, 0.1) is 16.6 Å². The molecule has 0 amide bonds. The number of hydrogen-bond donors (Lipinski definition) is 2. The van der Waals surface area contributed by atoms with Crippen LogP contribution in [0, 0.1) is 5.92 Å². The Labute approximate surface area is 151 Å². The summed E-state index contributed by atoms with van der Waals surface area (Å²) in [5, 5.41) is 12.2. The molecule has 5 rings (SSSR count). The van der Waals surface area contributed by atoms with Gasteiger partial charge in [0, 0.05) is 29.4 Å². The van der Waals surface area contributed by atoms with E-state index in [1.165, 1.54) is 0 Å². The van der Waals surface area contributed by atoms with Gasteiger partial charge in [0.2, 0.25) is 0 Å². The molecule has 1 saturated carbocycles. The van der Waals surface area contributed by atoms with Crippen LogP contribution in [0.1, 0.15) is 42.6 Å². The quantitative estimate of drug-likeness (QED) is 0.548.